The topological polar surface area (TPSA) is 75.4 Å². The van der Waals surface area contributed by atoms with E-state index in [9.17, 15) is 9.59 Å². The third-order valence-electron chi connectivity index (χ3n) is 2.82. The maximum atomic E-state index is 12.1. The van der Waals surface area contributed by atoms with Crippen molar-refractivity contribution in [2.75, 3.05) is 26.4 Å². The number of carbonyl (C=O) groups excluding carboxylic acids is 2. The van der Waals surface area contributed by atoms with Gasteiger partial charge in [0.1, 0.15) is 0 Å². The van der Waals surface area contributed by atoms with E-state index in [2.05, 4.69) is 5.32 Å². The van der Waals surface area contributed by atoms with Crippen molar-refractivity contribution in [1.82, 2.24) is 10.2 Å². The molecule has 0 aliphatic carbocycles. The van der Waals surface area contributed by atoms with Gasteiger partial charge in [-0.2, -0.15) is 0 Å². The van der Waals surface area contributed by atoms with Gasteiger partial charge in [0.25, 0.3) is 5.91 Å². The Morgan fingerprint density at radius 1 is 1.39 bits per heavy atom. The number of amides is 2. The van der Waals surface area contributed by atoms with E-state index in [1.165, 1.54) is 4.90 Å². The monoisotopic (exact) mass is 249 g/mol. The van der Waals surface area contributed by atoms with Crippen molar-refractivity contribution in [3.05, 3.63) is 29.3 Å². The average molecular weight is 249 g/mol. The highest BCUT2D eigenvalue weighted by Crippen LogP contribution is 2.14. The fourth-order valence-corrected chi connectivity index (χ4v) is 1.52. The molecule has 0 saturated carbocycles. The number of hydrogen-bond donors (Lipinski definition) is 2. The van der Waals surface area contributed by atoms with Crippen molar-refractivity contribution < 1.29 is 9.59 Å². The van der Waals surface area contributed by atoms with Gasteiger partial charge in [-0.3, -0.25) is 9.59 Å². The van der Waals surface area contributed by atoms with Crippen molar-refractivity contribution in [3.8, 4) is 0 Å². The molecule has 5 nitrogen and oxygen atoms in total. The van der Waals surface area contributed by atoms with E-state index in [1.54, 1.807) is 32.3 Å². The van der Waals surface area contributed by atoms with Gasteiger partial charge in [-0.1, -0.05) is 0 Å². The summed E-state index contributed by atoms with van der Waals surface area (Å²) in [6.07, 6.45) is 0.298. The van der Waals surface area contributed by atoms with Crippen molar-refractivity contribution in [2.45, 2.75) is 13.3 Å². The van der Waals surface area contributed by atoms with E-state index in [0.717, 1.165) is 5.56 Å². The zero-order chi connectivity index (χ0) is 13.7. The number of nitrogens with two attached hydrogens (primary N) is 1. The number of nitrogens with one attached hydrogen (secondary N) is 1. The number of carbonyl (C=O) groups is 2. The summed E-state index contributed by atoms with van der Waals surface area (Å²) in [5.74, 6) is -0.190. The summed E-state index contributed by atoms with van der Waals surface area (Å²) in [5, 5.41) is 2.52. The normalized spacial score (nSPS) is 9.94. The van der Waals surface area contributed by atoms with Crippen LogP contribution in [0.5, 0.6) is 0 Å². The predicted octanol–water partition coefficient (Wildman–Crippen LogP) is 0.785. The third-order valence-corrected chi connectivity index (χ3v) is 2.82. The molecular weight excluding hydrogens is 230 g/mol. The Morgan fingerprint density at radius 3 is 2.61 bits per heavy atom. The molecule has 1 aromatic carbocycles. The predicted molar refractivity (Wildman–Crippen MR) is 71.2 cm³/mol. The largest absolute Gasteiger partial charge is 0.399 e. The molecule has 98 valence electrons. The van der Waals surface area contributed by atoms with Crippen LogP contribution in [0, 0.1) is 6.92 Å². The van der Waals surface area contributed by atoms with Crippen molar-refractivity contribution in [2.24, 2.45) is 0 Å². The van der Waals surface area contributed by atoms with Gasteiger partial charge >= 0.3 is 0 Å². The van der Waals surface area contributed by atoms with Crippen LogP contribution in [0.3, 0.4) is 0 Å². The van der Waals surface area contributed by atoms with Gasteiger partial charge in [-0.25, -0.2) is 0 Å². The minimum Gasteiger partial charge on any atom is -0.399 e. The summed E-state index contributed by atoms with van der Waals surface area (Å²) < 4.78 is 0. The second-order valence-corrected chi connectivity index (χ2v) is 4.22. The SMILES string of the molecule is CNC(=O)CCN(C)C(=O)c1ccc(N)c(C)c1. The first-order valence-corrected chi connectivity index (χ1v) is 5.78. The number of benzene rings is 1. The van der Waals surface area contributed by atoms with Crippen LogP contribution in [0.4, 0.5) is 5.69 Å². The first kappa shape index (κ1) is 14.0. The van der Waals surface area contributed by atoms with Crippen LogP contribution in [-0.4, -0.2) is 37.4 Å². The van der Waals surface area contributed by atoms with Crippen LogP contribution in [0.25, 0.3) is 0 Å². The molecule has 0 saturated heterocycles. The molecule has 0 aromatic heterocycles. The van der Waals surface area contributed by atoms with E-state index in [4.69, 9.17) is 5.73 Å². The molecule has 0 atom stereocenters. The van der Waals surface area contributed by atoms with Crippen molar-refractivity contribution in [1.29, 1.82) is 0 Å². The van der Waals surface area contributed by atoms with Crippen molar-refractivity contribution >= 4 is 17.5 Å². The van der Waals surface area contributed by atoms with Gasteiger partial charge in [0.2, 0.25) is 5.91 Å². The molecule has 5 heteroatoms. The Bertz CT molecular complexity index is 458. The minimum atomic E-state index is -0.109. The molecule has 0 aliphatic rings. The van der Waals surface area contributed by atoms with E-state index in [-0.39, 0.29) is 11.8 Å². The zero-order valence-corrected chi connectivity index (χ0v) is 11.0. The summed E-state index contributed by atoms with van der Waals surface area (Å²) in [5.41, 5.74) is 7.83. The van der Waals surface area contributed by atoms with E-state index in [1.807, 2.05) is 6.92 Å². The second kappa shape index (κ2) is 6.05. The number of nitrogens with zero attached hydrogens (tertiary/aromatic N) is 1. The minimum absolute atomic E-state index is 0.0804. The molecule has 0 bridgehead atoms. The average Bonchev–Trinajstić information content (AvgIpc) is 2.37. The number of anilines is 1. The third kappa shape index (κ3) is 3.48. The fourth-order valence-electron chi connectivity index (χ4n) is 1.52. The highest BCUT2D eigenvalue weighted by atomic mass is 16.2. The second-order valence-electron chi connectivity index (χ2n) is 4.22. The summed E-state index contributed by atoms with van der Waals surface area (Å²) >= 11 is 0. The highest BCUT2D eigenvalue weighted by molar-refractivity contribution is 5.95. The van der Waals surface area contributed by atoms with Crippen LogP contribution in [0.1, 0.15) is 22.3 Å². The Hall–Kier alpha value is -2.04. The Kier molecular flexibility index (Phi) is 4.71. The Morgan fingerprint density at radius 2 is 2.06 bits per heavy atom. The van der Waals surface area contributed by atoms with E-state index < -0.39 is 0 Å². The maximum absolute atomic E-state index is 12.1. The van der Waals surface area contributed by atoms with Crippen LogP contribution in [-0.2, 0) is 4.79 Å². The van der Waals surface area contributed by atoms with Crippen LogP contribution in [0.15, 0.2) is 18.2 Å². The summed E-state index contributed by atoms with van der Waals surface area (Å²) in [7, 11) is 3.25. The van der Waals surface area contributed by atoms with Crippen LogP contribution in [0.2, 0.25) is 0 Å². The molecular formula is C13H19N3O2. The molecule has 18 heavy (non-hydrogen) atoms. The van der Waals surface area contributed by atoms with Crippen LogP contribution < -0.4 is 11.1 Å². The molecule has 3 N–H and O–H groups in total. The smallest absolute Gasteiger partial charge is 0.253 e. The molecule has 1 aromatic rings. The molecule has 0 aliphatic heterocycles. The number of nitrogen functional groups attached to an aromatic ring is 1. The van der Waals surface area contributed by atoms with Gasteiger partial charge in [-0.15, -0.1) is 0 Å². The van der Waals surface area contributed by atoms with E-state index >= 15 is 0 Å². The molecule has 0 heterocycles. The molecule has 1 rings (SSSR count). The number of aryl methyl sites for hydroxylation is 1. The quantitative estimate of drug-likeness (QED) is 0.774. The molecule has 0 unspecified atom stereocenters. The molecule has 0 fully saturated rings. The standard InChI is InChI=1S/C13H19N3O2/c1-9-8-10(4-5-11(9)14)13(18)16(3)7-6-12(17)15-2/h4-5,8H,6-7,14H2,1-3H3,(H,15,17). The summed E-state index contributed by atoms with van der Waals surface area (Å²) in [4.78, 5) is 24.7. The number of rotatable bonds is 4. The first-order chi connectivity index (χ1) is 8.45. The van der Waals surface area contributed by atoms with Crippen LogP contribution >= 0.6 is 0 Å². The molecule has 2 amide bonds. The molecule has 0 spiro atoms. The first-order valence-electron chi connectivity index (χ1n) is 5.78. The highest BCUT2D eigenvalue weighted by Gasteiger charge is 2.13. The lowest BCUT2D eigenvalue weighted by Gasteiger charge is -2.17. The lowest BCUT2D eigenvalue weighted by Crippen LogP contribution is -2.31. The summed E-state index contributed by atoms with van der Waals surface area (Å²) in [6, 6.07) is 5.17. The van der Waals surface area contributed by atoms with Gasteiger partial charge in [0.05, 0.1) is 0 Å². The maximum Gasteiger partial charge on any atom is 0.253 e. The van der Waals surface area contributed by atoms with E-state index in [0.29, 0.717) is 24.2 Å². The summed E-state index contributed by atoms with van der Waals surface area (Å²) in [6.45, 7) is 2.25. The lowest BCUT2D eigenvalue weighted by molar-refractivity contribution is -0.120. The lowest BCUT2D eigenvalue weighted by atomic mass is 10.1. The Balaban J connectivity index is 2.68. The van der Waals surface area contributed by atoms with Gasteiger partial charge in [0, 0.05) is 38.3 Å². The van der Waals surface area contributed by atoms with Gasteiger partial charge < -0.3 is 16.0 Å². The fraction of sp³-hybridized carbons (Fsp3) is 0.385. The van der Waals surface area contributed by atoms with Crippen molar-refractivity contribution in [3.63, 3.8) is 0 Å². The number of hydrogen-bond acceptors (Lipinski definition) is 3. The molecule has 0 radical (unpaired) electrons. The Labute approximate surface area is 107 Å². The zero-order valence-electron chi connectivity index (χ0n) is 11.0. The van der Waals surface area contributed by atoms with Gasteiger partial charge in [-0.05, 0) is 30.7 Å². The van der Waals surface area contributed by atoms with Gasteiger partial charge in [0.15, 0.2) is 0 Å².